The molecule has 3 nitrogen and oxygen atoms in total. The van der Waals surface area contributed by atoms with E-state index >= 15 is 0 Å². The fourth-order valence-electron chi connectivity index (χ4n) is 2.08. The van der Waals surface area contributed by atoms with E-state index in [1.54, 1.807) is 11.3 Å². The van der Waals surface area contributed by atoms with Crippen LogP contribution in [0.5, 0.6) is 0 Å². The number of aromatic nitrogens is 2. The molecule has 0 amide bonds. The smallest absolute Gasteiger partial charge is 0.0690 e. The molecule has 0 aliphatic heterocycles. The van der Waals surface area contributed by atoms with Crippen molar-refractivity contribution in [2.75, 3.05) is 6.54 Å². The van der Waals surface area contributed by atoms with Crippen molar-refractivity contribution in [3.05, 3.63) is 45.4 Å². The fourth-order valence-corrected chi connectivity index (χ4v) is 2.90. The van der Waals surface area contributed by atoms with Crippen molar-refractivity contribution in [2.24, 2.45) is 0 Å². The Hall–Kier alpha value is -1.26. The second-order valence-electron chi connectivity index (χ2n) is 4.25. The summed E-state index contributed by atoms with van der Waals surface area (Å²) in [5.41, 5.74) is 3.32. The van der Waals surface area contributed by atoms with Gasteiger partial charge in [-0.05, 0) is 43.0 Å². The molecule has 0 radical (unpaired) electrons. The van der Waals surface area contributed by atoms with Crippen molar-refractivity contribution in [3.63, 3.8) is 0 Å². The van der Waals surface area contributed by atoms with Crippen molar-refractivity contribution in [1.29, 1.82) is 0 Å². The highest BCUT2D eigenvalue weighted by atomic mass is 32.1. The summed E-state index contributed by atoms with van der Waals surface area (Å²) in [6.45, 7) is 7.19. The molecule has 1 atom stereocenters. The Morgan fingerprint density at radius 2 is 2.17 bits per heavy atom. The summed E-state index contributed by atoms with van der Waals surface area (Å²) in [6.07, 6.45) is 0.913. The van der Waals surface area contributed by atoms with Crippen LogP contribution in [0.2, 0.25) is 0 Å². The highest BCUT2D eigenvalue weighted by Crippen LogP contribution is 2.28. The summed E-state index contributed by atoms with van der Waals surface area (Å²) in [5, 5.41) is 14.1. The highest BCUT2D eigenvalue weighted by Gasteiger charge is 2.18. The molecule has 2 heterocycles. The monoisotopic (exact) mass is 261 g/mol. The highest BCUT2D eigenvalue weighted by molar-refractivity contribution is 7.10. The molecule has 0 spiro atoms. The van der Waals surface area contributed by atoms with E-state index in [1.807, 2.05) is 6.92 Å². The van der Waals surface area contributed by atoms with Gasteiger partial charge in [0.15, 0.2) is 0 Å². The van der Waals surface area contributed by atoms with Crippen LogP contribution in [0.4, 0.5) is 0 Å². The largest absolute Gasteiger partial charge is 0.306 e. The molecule has 0 saturated carbocycles. The molecule has 2 aromatic heterocycles. The lowest BCUT2D eigenvalue weighted by atomic mass is 10.0. The maximum atomic E-state index is 4.32. The molecule has 2 rings (SSSR count). The van der Waals surface area contributed by atoms with Gasteiger partial charge in [0.25, 0.3) is 0 Å². The first kappa shape index (κ1) is 13.2. The lowest BCUT2D eigenvalue weighted by Gasteiger charge is -2.19. The van der Waals surface area contributed by atoms with Gasteiger partial charge in [-0.1, -0.05) is 19.9 Å². The van der Waals surface area contributed by atoms with Crippen LogP contribution in [0.3, 0.4) is 0 Å². The fraction of sp³-hybridized carbons (Fsp3) is 0.429. The Bertz CT molecular complexity index is 494. The van der Waals surface area contributed by atoms with E-state index in [9.17, 15) is 0 Å². The molecule has 1 unspecified atom stereocenters. The van der Waals surface area contributed by atoms with Crippen LogP contribution >= 0.6 is 11.3 Å². The second kappa shape index (κ2) is 6.07. The quantitative estimate of drug-likeness (QED) is 0.898. The van der Waals surface area contributed by atoms with Crippen molar-refractivity contribution in [3.8, 4) is 0 Å². The number of aryl methyl sites for hydroxylation is 2. The number of thiophene rings is 1. The van der Waals surface area contributed by atoms with Gasteiger partial charge < -0.3 is 5.32 Å². The maximum absolute atomic E-state index is 4.32. The SMILES string of the molecule is CCNC(c1cccs1)c1cc(C)nnc1CC. The molecule has 0 aliphatic rings. The first-order chi connectivity index (χ1) is 8.76. The molecule has 0 aliphatic carbocycles. The lowest BCUT2D eigenvalue weighted by Crippen LogP contribution is -2.23. The van der Waals surface area contributed by atoms with Gasteiger partial charge in [0.05, 0.1) is 17.4 Å². The van der Waals surface area contributed by atoms with Crippen molar-refractivity contribution >= 4 is 11.3 Å². The van der Waals surface area contributed by atoms with Gasteiger partial charge in [-0.25, -0.2) is 0 Å². The predicted molar refractivity (Wildman–Crippen MR) is 76.0 cm³/mol. The summed E-state index contributed by atoms with van der Waals surface area (Å²) in [5.74, 6) is 0. The number of nitrogens with zero attached hydrogens (tertiary/aromatic N) is 2. The van der Waals surface area contributed by atoms with E-state index in [0.29, 0.717) is 0 Å². The summed E-state index contributed by atoms with van der Waals surface area (Å²) in [4.78, 5) is 1.33. The Kier molecular flexibility index (Phi) is 4.44. The average Bonchev–Trinajstić information content (AvgIpc) is 2.89. The van der Waals surface area contributed by atoms with E-state index in [1.165, 1.54) is 10.4 Å². The third-order valence-electron chi connectivity index (χ3n) is 2.91. The maximum Gasteiger partial charge on any atom is 0.0690 e. The average molecular weight is 261 g/mol. The van der Waals surface area contributed by atoms with Gasteiger partial charge in [0.2, 0.25) is 0 Å². The Morgan fingerprint density at radius 1 is 1.33 bits per heavy atom. The van der Waals surface area contributed by atoms with Gasteiger partial charge >= 0.3 is 0 Å². The zero-order chi connectivity index (χ0) is 13.0. The number of nitrogens with one attached hydrogen (secondary N) is 1. The Morgan fingerprint density at radius 3 is 2.78 bits per heavy atom. The molecule has 0 fully saturated rings. The molecule has 2 aromatic rings. The first-order valence-corrected chi connectivity index (χ1v) is 7.24. The summed E-state index contributed by atoms with van der Waals surface area (Å²) in [6, 6.07) is 6.66. The van der Waals surface area contributed by atoms with Crippen LogP contribution in [0.15, 0.2) is 23.6 Å². The minimum atomic E-state index is 0.235. The summed E-state index contributed by atoms with van der Waals surface area (Å²) >= 11 is 1.78. The van der Waals surface area contributed by atoms with E-state index < -0.39 is 0 Å². The molecule has 18 heavy (non-hydrogen) atoms. The molecular formula is C14H19N3S. The van der Waals surface area contributed by atoms with E-state index in [2.05, 4.69) is 52.9 Å². The van der Waals surface area contributed by atoms with Crippen molar-refractivity contribution in [2.45, 2.75) is 33.2 Å². The molecule has 1 N–H and O–H groups in total. The van der Waals surface area contributed by atoms with Gasteiger partial charge in [0.1, 0.15) is 0 Å². The minimum Gasteiger partial charge on any atom is -0.306 e. The standard InChI is InChI=1S/C14H19N3S/c1-4-12-11(9-10(3)16-17-12)14(15-5-2)13-7-6-8-18-13/h6-9,14-15H,4-5H2,1-3H3. The van der Waals surface area contributed by atoms with Crippen molar-refractivity contribution < 1.29 is 0 Å². The Labute approximate surface area is 112 Å². The molecule has 4 heteroatoms. The molecule has 0 bridgehead atoms. The van der Waals surface area contributed by atoms with E-state index in [4.69, 9.17) is 0 Å². The summed E-state index contributed by atoms with van der Waals surface area (Å²) in [7, 11) is 0. The molecule has 96 valence electrons. The van der Waals surface area contributed by atoms with Crippen LogP contribution in [-0.4, -0.2) is 16.7 Å². The summed E-state index contributed by atoms with van der Waals surface area (Å²) < 4.78 is 0. The number of hydrogen-bond donors (Lipinski definition) is 1. The van der Waals surface area contributed by atoms with Crippen LogP contribution in [-0.2, 0) is 6.42 Å². The normalized spacial score (nSPS) is 12.6. The zero-order valence-electron chi connectivity index (χ0n) is 11.1. The van der Waals surface area contributed by atoms with Crippen LogP contribution in [0.25, 0.3) is 0 Å². The van der Waals surface area contributed by atoms with Crippen LogP contribution < -0.4 is 5.32 Å². The first-order valence-electron chi connectivity index (χ1n) is 6.36. The number of rotatable bonds is 5. The van der Waals surface area contributed by atoms with Gasteiger partial charge in [-0.15, -0.1) is 11.3 Å². The topological polar surface area (TPSA) is 37.8 Å². The molecular weight excluding hydrogens is 242 g/mol. The molecule has 0 saturated heterocycles. The lowest BCUT2D eigenvalue weighted by molar-refractivity contribution is 0.625. The second-order valence-corrected chi connectivity index (χ2v) is 5.23. The third kappa shape index (κ3) is 2.76. The zero-order valence-corrected chi connectivity index (χ0v) is 11.9. The third-order valence-corrected chi connectivity index (χ3v) is 3.85. The van der Waals surface area contributed by atoms with Crippen molar-refractivity contribution in [1.82, 2.24) is 15.5 Å². The minimum absolute atomic E-state index is 0.235. The predicted octanol–water partition coefficient (Wildman–Crippen LogP) is 3.11. The molecule has 0 aromatic carbocycles. The van der Waals surface area contributed by atoms with E-state index in [0.717, 1.165) is 24.4 Å². The van der Waals surface area contributed by atoms with Gasteiger partial charge in [-0.2, -0.15) is 10.2 Å². The van der Waals surface area contributed by atoms with Crippen LogP contribution in [0, 0.1) is 6.92 Å². The van der Waals surface area contributed by atoms with Gasteiger partial charge in [-0.3, -0.25) is 0 Å². The van der Waals surface area contributed by atoms with Gasteiger partial charge in [0, 0.05) is 4.88 Å². The van der Waals surface area contributed by atoms with Crippen LogP contribution in [0.1, 0.15) is 41.7 Å². The van der Waals surface area contributed by atoms with E-state index in [-0.39, 0.29) is 6.04 Å². The number of hydrogen-bond acceptors (Lipinski definition) is 4. The Balaban J connectivity index is 2.45.